The normalized spacial score (nSPS) is 6.57. The standard InChI is InChI=1S/C6H10.Hf/c1-5(2)6(3)4;/h1,3H2,2,4H3;. The summed E-state index contributed by atoms with van der Waals surface area (Å²) in [5.41, 5.74) is 2.13. The Hall–Kier alpha value is 0.350. The second kappa shape index (κ2) is 4.51. The minimum Gasteiger partial charge on any atom is -0.0959 e. The summed E-state index contributed by atoms with van der Waals surface area (Å²) in [6.45, 7) is 11.2. The van der Waals surface area contributed by atoms with Gasteiger partial charge in [0.25, 0.3) is 0 Å². The topological polar surface area (TPSA) is 0 Å². The van der Waals surface area contributed by atoms with Gasteiger partial charge in [-0.15, -0.1) is 0 Å². The van der Waals surface area contributed by atoms with Crippen LogP contribution in [0.1, 0.15) is 13.8 Å². The van der Waals surface area contributed by atoms with Gasteiger partial charge in [0, 0.05) is 25.8 Å². The Balaban J connectivity index is 0. The SMILES string of the molecule is C=C(C)C(=C)C.[Hf]. The minimum absolute atomic E-state index is 0. The fraction of sp³-hybridized carbons (Fsp3) is 0.333. The molecule has 0 rings (SSSR count). The van der Waals surface area contributed by atoms with E-state index in [0.717, 1.165) is 11.1 Å². The minimum atomic E-state index is 0. The van der Waals surface area contributed by atoms with Crippen LogP contribution in [0.4, 0.5) is 0 Å². The van der Waals surface area contributed by atoms with Crippen LogP contribution in [0, 0.1) is 0 Å². The molecule has 7 heavy (non-hydrogen) atoms. The summed E-state index contributed by atoms with van der Waals surface area (Å²) < 4.78 is 0. The van der Waals surface area contributed by atoms with Crippen LogP contribution < -0.4 is 0 Å². The van der Waals surface area contributed by atoms with Crippen LogP contribution in [0.25, 0.3) is 0 Å². The first kappa shape index (κ1) is 10.4. The quantitative estimate of drug-likeness (QED) is 0.501. The Morgan fingerprint density at radius 2 is 1.14 bits per heavy atom. The summed E-state index contributed by atoms with van der Waals surface area (Å²) in [5, 5.41) is 0. The zero-order valence-electron chi connectivity index (χ0n) is 4.91. The van der Waals surface area contributed by atoms with Crippen LogP contribution >= 0.6 is 0 Å². The van der Waals surface area contributed by atoms with Crippen molar-refractivity contribution in [2.45, 2.75) is 13.8 Å². The molecule has 0 aliphatic rings. The third-order valence-electron chi connectivity index (χ3n) is 0.729. The molecular weight excluding hydrogens is 251 g/mol. The largest absolute Gasteiger partial charge is 0.0959 e. The molecule has 0 N–H and O–H groups in total. The third-order valence-corrected chi connectivity index (χ3v) is 0.729. The third kappa shape index (κ3) is 6.35. The molecule has 0 aromatic rings. The van der Waals surface area contributed by atoms with Crippen molar-refractivity contribution in [2.24, 2.45) is 0 Å². The molecule has 1 heteroatoms. The van der Waals surface area contributed by atoms with E-state index in [1.807, 2.05) is 13.8 Å². The molecule has 0 spiro atoms. The van der Waals surface area contributed by atoms with E-state index >= 15 is 0 Å². The maximum absolute atomic E-state index is 3.66. The van der Waals surface area contributed by atoms with Crippen LogP contribution in [0.2, 0.25) is 0 Å². The van der Waals surface area contributed by atoms with E-state index in [2.05, 4.69) is 13.2 Å². The van der Waals surface area contributed by atoms with Crippen LogP contribution in [-0.2, 0) is 25.8 Å². The number of hydrogen-bond donors (Lipinski definition) is 0. The van der Waals surface area contributed by atoms with E-state index in [-0.39, 0.29) is 25.8 Å². The first-order valence-electron chi connectivity index (χ1n) is 1.96. The van der Waals surface area contributed by atoms with Crippen LogP contribution in [0.3, 0.4) is 0 Å². The molecule has 0 aliphatic heterocycles. The summed E-state index contributed by atoms with van der Waals surface area (Å²) in [6.07, 6.45) is 0. The molecule has 0 nitrogen and oxygen atoms in total. The van der Waals surface area contributed by atoms with Gasteiger partial charge in [0.15, 0.2) is 0 Å². The molecule has 0 bridgehead atoms. The summed E-state index contributed by atoms with van der Waals surface area (Å²) in [6, 6.07) is 0. The van der Waals surface area contributed by atoms with Gasteiger partial charge in [-0.3, -0.25) is 0 Å². The van der Waals surface area contributed by atoms with Crippen LogP contribution in [-0.4, -0.2) is 0 Å². The molecule has 0 heterocycles. The van der Waals surface area contributed by atoms with Crippen molar-refractivity contribution in [2.75, 3.05) is 0 Å². The van der Waals surface area contributed by atoms with E-state index in [1.54, 1.807) is 0 Å². The smallest absolute Gasteiger partial charge is 0 e. The average Bonchev–Trinajstić information content (AvgIpc) is 1.36. The van der Waals surface area contributed by atoms with E-state index in [4.69, 9.17) is 0 Å². The van der Waals surface area contributed by atoms with E-state index in [1.165, 1.54) is 0 Å². The zero-order chi connectivity index (χ0) is 5.15. The maximum atomic E-state index is 3.66. The van der Waals surface area contributed by atoms with Crippen molar-refractivity contribution >= 4 is 0 Å². The fourth-order valence-electron chi connectivity index (χ4n) is 0. The molecule has 0 radical (unpaired) electrons. The predicted octanol–water partition coefficient (Wildman–Crippen LogP) is 2.14. The van der Waals surface area contributed by atoms with Gasteiger partial charge in [-0.2, -0.15) is 0 Å². The molecule has 0 aliphatic carbocycles. The summed E-state index contributed by atoms with van der Waals surface area (Å²) in [7, 11) is 0. The summed E-state index contributed by atoms with van der Waals surface area (Å²) in [5.74, 6) is 0. The molecular formula is C6H10Hf. The maximum Gasteiger partial charge on any atom is 0 e. The van der Waals surface area contributed by atoms with Gasteiger partial charge in [-0.05, 0) is 13.8 Å². The van der Waals surface area contributed by atoms with Gasteiger partial charge in [-0.25, -0.2) is 0 Å². The van der Waals surface area contributed by atoms with Crippen LogP contribution in [0.5, 0.6) is 0 Å². The van der Waals surface area contributed by atoms with Crippen molar-refractivity contribution in [3.63, 3.8) is 0 Å². The summed E-state index contributed by atoms with van der Waals surface area (Å²) >= 11 is 0. The molecule has 0 unspecified atom stereocenters. The van der Waals surface area contributed by atoms with Gasteiger partial charge in [0.05, 0.1) is 0 Å². The Morgan fingerprint density at radius 3 is 1.14 bits per heavy atom. The first-order chi connectivity index (χ1) is 2.64. The van der Waals surface area contributed by atoms with Gasteiger partial charge < -0.3 is 0 Å². The summed E-state index contributed by atoms with van der Waals surface area (Å²) in [4.78, 5) is 0. The van der Waals surface area contributed by atoms with E-state index < -0.39 is 0 Å². The molecule has 0 saturated heterocycles. The van der Waals surface area contributed by atoms with Gasteiger partial charge in [0.1, 0.15) is 0 Å². The Bertz CT molecular complexity index is 70.2. The van der Waals surface area contributed by atoms with Crippen molar-refractivity contribution < 1.29 is 25.8 Å². The average molecular weight is 261 g/mol. The number of rotatable bonds is 1. The monoisotopic (exact) mass is 262 g/mol. The van der Waals surface area contributed by atoms with Crippen molar-refractivity contribution in [3.05, 3.63) is 24.3 Å². The zero-order valence-corrected chi connectivity index (χ0v) is 8.51. The van der Waals surface area contributed by atoms with E-state index in [9.17, 15) is 0 Å². The number of hydrogen-bond acceptors (Lipinski definition) is 0. The molecule has 0 aromatic carbocycles. The van der Waals surface area contributed by atoms with E-state index in [0.29, 0.717) is 0 Å². The molecule has 0 fully saturated rings. The van der Waals surface area contributed by atoms with Crippen molar-refractivity contribution in [1.82, 2.24) is 0 Å². The second-order valence-corrected chi connectivity index (χ2v) is 1.56. The van der Waals surface area contributed by atoms with Gasteiger partial charge in [-0.1, -0.05) is 24.3 Å². The fourth-order valence-corrected chi connectivity index (χ4v) is 0. The van der Waals surface area contributed by atoms with Gasteiger partial charge >= 0.3 is 0 Å². The molecule has 38 valence electrons. The molecule has 0 aromatic heterocycles. The Morgan fingerprint density at radius 1 is 1.00 bits per heavy atom. The predicted molar refractivity (Wildman–Crippen MR) is 29.6 cm³/mol. The van der Waals surface area contributed by atoms with Crippen molar-refractivity contribution in [3.8, 4) is 0 Å². The second-order valence-electron chi connectivity index (χ2n) is 1.56. The van der Waals surface area contributed by atoms with Gasteiger partial charge in [0.2, 0.25) is 0 Å². The number of allylic oxidation sites excluding steroid dienone is 2. The Labute approximate surface area is 64.1 Å². The van der Waals surface area contributed by atoms with Crippen LogP contribution in [0.15, 0.2) is 24.3 Å². The molecule has 0 saturated carbocycles. The molecule has 0 atom stereocenters. The molecule has 0 amide bonds. The first-order valence-corrected chi connectivity index (χ1v) is 1.96. The Kier molecular flexibility index (Phi) is 6.67. The van der Waals surface area contributed by atoms with Crippen molar-refractivity contribution in [1.29, 1.82) is 0 Å².